The van der Waals surface area contributed by atoms with Crippen molar-refractivity contribution < 1.29 is 4.74 Å². The standard InChI is InChI=1S/C15H25N3O/c1-2-4-14(5-3-1)19-9-8-18-12-17-11-15(18)13-6-7-16-10-13/h11-14,16H,1-10H2. The first-order valence-electron chi connectivity index (χ1n) is 7.76. The zero-order valence-electron chi connectivity index (χ0n) is 11.7. The lowest BCUT2D eigenvalue weighted by molar-refractivity contribution is 0.0237. The number of imidazole rings is 1. The van der Waals surface area contributed by atoms with Crippen molar-refractivity contribution in [1.29, 1.82) is 0 Å². The Balaban J connectivity index is 1.48. The minimum atomic E-state index is 0.508. The molecule has 19 heavy (non-hydrogen) atoms. The van der Waals surface area contributed by atoms with E-state index in [1.54, 1.807) is 0 Å². The van der Waals surface area contributed by atoms with Crippen LogP contribution in [0.25, 0.3) is 0 Å². The molecule has 2 aliphatic rings. The van der Waals surface area contributed by atoms with Crippen LogP contribution in [0.2, 0.25) is 0 Å². The molecule has 106 valence electrons. The molecule has 3 rings (SSSR count). The van der Waals surface area contributed by atoms with E-state index < -0.39 is 0 Å². The molecule has 1 N–H and O–H groups in total. The maximum absolute atomic E-state index is 6.01. The van der Waals surface area contributed by atoms with Gasteiger partial charge in [0.05, 0.1) is 19.0 Å². The van der Waals surface area contributed by atoms with Crippen LogP contribution in [0.15, 0.2) is 12.5 Å². The van der Waals surface area contributed by atoms with Crippen molar-refractivity contribution in [2.45, 2.75) is 57.1 Å². The van der Waals surface area contributed by atoms with E-state index in [0.717, 1.165) is 26.2 Å². The Hall–Kier alpha value is -0.870. The molecule has 0 radical (unpaired) electrons. The Labute approximate surface area is 115 Å². The zero-order chi connectivity index (χ0) is 12.9. The quantitative estimate of drug-likeness (QED) is 0.886. The Morgan fingerprint density at radius 2 is 2.16 bits per heavy atom. The van der Waals surface area contributed by atoms with E-state index in [1.165, 1.54) is 44.2 Å². The molecule has 0 bridgehead atoms. The van der Waals surface area contributed by atoms with Crippen LogP contribution in [0.1, 0.15) is 50.1 Å². The molecule has 4 nitrogen and oxygen atoms in total. The van der Waals surface area contributed by atoms with E-state index in [9.17, 15) is 0 Å². The number of rotatable bonds is 5. The summed E-state index contributed by atoms with van der Waals surface area (Å²) in [4.78, 5) is 4.31. The Morgan fingerprint density at radius 1 is 1.26 bits per heavy atom. The SMILES string of the molecule is c1ncn(CCOC2CCCCC2)c1C1CCNC1. The number of nitrogens with zero attached hydrogens (tertiary/aromatic N) is 2. The van der Waals surface area contributed by atoms with Gasteiger partial charge in [-0.3, -0.25) is 0 Å². The summed E-state index contributed by atoms with van der Waals surface area (Å²) in [6.07, 6.45) is 12.3. The van der Waals surface area contributed by atoms with Crippen molar-refractivity contribution in [2.24, 2.45) is 0 Å². The van der Waals surface area contributed by atoms with Crippen molar-refractivity contribution in [2.75, 3.05) is 19.7 Å². The lowest BCUT2D eigenvalue weighted by Gasteiger charge is -2.22. The molecule has 1 unspecified atom stereocenters. The first-order valence-corrected chi connectivity index (χ1v) is 7.76. The van der Waals surface area contributed by atoms with Gasteiger partial charge in [-0.2, -0.15) is 0 Å². The summed E-state index contributed by atoms with van der Waals surface area (Å²) < 4.78 is 8.29. The molecular weight excluding hydrogens is 238 g/mol. The molecule has 1 aromatic heterocycles. The summed E-state index contributed by atoms with van der Waals surface area (Å²) in [6, 6.07) is 0. The summed E-state index contributed by atoms with van der Waals surface area (Å²) in [5.74, 6) is 0.636. The minimum Gasteiger partial charge on any atom is -0.376 e. The zero-order valence-corrected chi connectivity index (χ0v) is 11.7. The fourth-order valence-electron chi connectivity index (χ4n) is 3.31. The van der Waals surface area contributed by atoms with Crippen molar-refractivity contribution >= 4 is 0 Å². The van der Waals surface area contributed by atoms with Crippen molar-refractivity contribution in [1.82, 2.24) is 14.9 Å². The fraction of sp³-hybridized carbons (Fsp3) is 0.800. The first-order chi connectivity index (χ1) is 9.43. The van der Waals surface area contributed by atoms with Gasteiger partial charge in [-0.25, -0.2) is 4.98 Å². The van der Waals surface area contributed by atoms with Gasteiger partial charge in [0.15, 0.2) is 0 Å². The van der Waals surface area contributed by atoms with Crippen LogP contribution in [0.4, 0.5) is 0 Å². The Morgan fingerprint density at radius 3 is 2.95 bits per heavy atom. The number of aromatic nitrogens is 2. The first kappa shape index (κ1) is 13.1. The Bertz CT molecular complexity index is 378. The van der Waals surface area contributed by atoms with Gasteiger partial charge in [0, 0.05) is 30.9 Å². The fourth-order valence-corrected chi connectivity index (χ4v) is 3.31. The summed E-state index contributed by atoms with van der Waals surface area (Å²) in [5, 5.41) is 3.42. The molecule has 2 heterocycles. The molecule has 0 spiro atoms. The highest BCUT2D eigenvalue weighted by molar-refractivity contribution is 5.09. The number of ether oxygens (including phenoxy) is 1. The van der Waals surface area contributed by atoms with Crippen LogP contribution in [0.5, 0.6) is 0 Å². The molecule has 0 amide bonds. The second-order valence-corrected chi connectivity index (χ2v) is 5.83. The van der Waals surface area contributed by atoms with E-state index in [1.807, 2.05) is 12.5 Å². The molecule has 1 saturated heterocycles. The van der Waals surface area contributed by atoms with E-state index in [-0.39, 0.29) is 0 Å². The monoisotopic (exact) mass is 263 g/mol. The predicted octanol–water partition coefficient (Wildman–Crippen LogP) is 2.31. The second kappa shape index (κ2) is 6.53. The van der Waals surface area contributed by atoms with Crippen LogP contribution in [-0.2, 0) is 11.3 Å². The third-order valence-corrected chi connectivity index (χ3v) is 4.46. The molecule has 0 aromatic carbocycles. The van der Waals surface area contributed by atoms with E-state index >= 15 is 0 Å². The third-order valence-electron chi connectivity index (χ3n) is 4.46. The highest BCUT2D eigenvalue weighted by Gasteiger charge is 2.20. The van der Waals surface area contributed by atoms with Gasteiger partial charge in [-0.1, -0.05) is 19.3 Å². The highest BCUT2D eigenvalue weighted by atomic mass is 16.5. The minimum absolute atomic E-state index is 0.508. The van der Waals surface area contributed by atoms with Crippen LogP contribution in [-0.4, -0.2) is 35.4 Å². The average molecular weight is 263 g/mol. The number of hydrogen-bond acceptors (Lipinski definition) is 3. The topological polar surface area (TPSA) is 39.1 Å². The summed E-state index contributed by atoms with van der Waals surface area (Å²) >= 11 is 0. The van der Waals surface area contributed by atoms with Crippen LogP contribution < -0.4 is 5.32 Å². The molecule has 1 aromatic rings. The lowest BCUT2D eigenvalue weighted by Crippen LogP contribution is -2.20. The van der Waals surface area contributed by atoms with Gasteiger partial charge >= 0.3 is 0 Å². The second-order valence-electron chi connectivity index (χ2n) is 5.83. The average Bonchev–Trinajstić information content (AvgIpc) is 3.10. The van der Waals surface area contributed by atoms with Gasteiger partial charge in [-0.05, 0) is 25.8 Å². The van der Waals surface area contributed by atoms with Crippen molar-refractivity contribution in [3.05, 3.63) is 18.2 Å². The van der Waals surface area contributed by atoms with E-state index in [2.05, 4.69) is 14.9 Å². The van der Waals surface area contributed by atoms with Crippen LogP contribution >= 0.6 is 0 Å². The molecule has 1 aliphatic heterocycles. The molecular formula is C15H25N3O. The summed E-state index contributed by atoms with van der Waals surface area (Å²) in [6.45, 7) is 4.00. The molecule has 4 heteroatoms. The number of nitrogens with one attached hydrogen (secondary N) is 1. The maximum Gasteiger partial charge on any atom is 0.0949 e. The van der Waals surface area contributed by atoms with Crippen LogP contribution in [0, 0.1) is 0 Å². The largest absolute Gasteiger partial charge is 0.376 e. The van der Waals surface area contributed by atoms with Gasteiger partial charge in [-0.15, -0.1) is 0 Å². The molecule has 1 saturated carbocycles. The smallest absolute Gasteiger partial charge is 0.0949 e. The van der Waals surface area contributed by atoms with E-state index in [4.69, 9.17) is 4.74 Å². The lowest BCUT2D eigenvalue weighted by atomic mass is 9.98. The highest BCUT2D eigenvalue weighted by Crippen LogP contribution is 2.23. The van der Waals surface area contributed by atoms with Crippen LogP contribution in [0.3, 0.4) is 0 Å². The molecule has 2 fully saturated rings. The summed E-state index contributed by atoms with van der Waals surface area (Å²) in [5.41, 5.74) is 1.37. The van der Waals surface area contributed by atoms with Gasteiger partial charge in [0.1, 0.15) is 0 Å². The third kappa shape index (κ3) is 3.37. The predicted molar refractivity (Wildman–Crippen MR) is 75.3 cm³/mol. The molecule has 1 atom stereocenters. The van der Waals surface area contributed by atoms with E-state index in [0.29, 0.717) is 12.0 Å². The summed E-state index contributed by atoms with van der Waals surface area (Å²) in [7, 11) is 0. The normalized spacial score (nSPS) is 24.9. The van der Waals surface area contributed by atoms with Gasteiger partial charge in [0.25, 0.3) is 0 Å². The van der Waals surface area contributed by atoms with Gasteiger partial charge in [0.2, 0.25) is 0 Å². The van der Waals surface area contributed by atoms with Gasteiger partial charge < -0.3 is 14.6 Å². The van der Waals surface area contributed by atoms with Crippen molar-refractivity contribution in [3.8, 4) is 0 Å². The molecule has 1 aliphatic carbocycles. The van der Waals surface area contributed by atoms with Crippen molar-refractivity contribution in [3.63, 3.8) is 0 Å². The number of hydrogen-bond donors (Lipinski definition) is 1. The Kier molecular flexibility index (Phi) is 4.51. The maximum atomic E-state index is 6.01.